The number of carbonyl (C=O) groups is 1. The van der Waals surface area contributed by atoms with Gasteiger partial charge in [0.25, 0.3) is 0 Å². The lowest BCUT2D eigenvalue weighted by molar-refractivity contribution is 0.0697. The van der Waals surface area contributed by atoms with Gasteiger partial charge in [-0.1, -0.05) is 17.7 Å². The number of carboxylic acids is 1. The maximum absolute atomic E-state index is 13.4. The average molecular weight is 307 g/mol. The Morgan fingerprint density at radius 2 is 2.00 bits per heavy atom. The Morgan fingerprint density at radius 1 is 1.24 bits per heavy atom. The summed E-state index contributed by atoms with van der Waals surface area (Å²) in [6, 6.07) is 8.53. The molecule has 2 aromatic rings. The van der Waals surface area contributed by atoms with Crippen LogP contribution in [0.4, 0.5) is 4.39 Å². The summed E-state index contributed by atoms with van der Waals surface area (Å²) in [6.45, 7) is 0. The van der Waals surface area contributed by atoms with Crippen molar-refractivity contribution in [2.24, 2.45) is 0 Å². The van der Waals surface area contributed by atoms with E-state index in [1.165, 1.54) is 12.1 Å². The van der Waals surface area contributed by atoms with Gasteiger partial charge in [0.05, 0.1) is 16.7 Å². The first-order valence-electron chi connectivity index (χ1n) is 6.54. The zero-order chi connectivity index (χ0) is 15.0. The van der Waals surface area contributed by atoms with E-state index in [0.717, 1.165) is 18.9 Å². The Balaban J connectivity index is 2.01. The topological polar surface area (TPSA) is 46.5 Å². The third kappa shape index (κ3) is 3.00. The molecule has 1 saturated carbocycles. The predicted octanol–water partition coefficient (Wildman–Crippen LogP) is 4.39. The van der Waals surface area contributed by atoms with Gasteiger partial charge in [-0.3, -0.25) is 0 Å². The van der Waals surface area contributed by atoms with Gasteiger partial charge in [-0.25, -0.2) is 9.18 Å². The summed E-state index contributed by atoms with van der Waals surface area (Å²) >= 11 is 6.16. The molecule has 5 heteroatoms. The van der Waals surface area contributed by atoms with E-state index in [1.807, 2.05) is 0 Å². The minimum Gasteiger partial charge on any atom is -0.489 e. The Kier molecular flexibility index (Phi) is 3.55. The zero-order valence-corrected chi connectivity index (χ0v) is 11.7. The molecule has 1 aliphatic carbocycles. The smallest absolute Gasteiger partial charge is 0.336 e. The van der Waals surface area contributed by atoms with Crippen molar-refractivity contribution in [2.45, 2.75) is 18.9 Å². The third-order valence-corrected chi connectivity index (χ3v) is 3.57. The first-order chi connectivity index (χ1) is 10.0. The minimum absolute atomic E-state index is 0.0309. The van der Waals surface area contributed by atoms with Crippen LogP contribution in [-0.4, -0.2) is 17.2 Å². The Morgan fingerprint density at radius 3 is 2.62 bits per heavy atom. The van der Waals surface area contributed by atoms with Gasteiger partial charge in [-0.2, -0.15) is 0 Å². The van der Waals surface area contributed by atoms with Crippen molar-refractivity contribution in [3.8, 4) is 16.9 Å². The van der Waals surface area contributed by atoms with E-state index in [0.29, 0.717) is 21.9 Å². The zero-order valence-electron chi connectivity index (χ0n) is 11.0. The van der Waals surface area contributed by atoms with Crippen LogP contribution in [0, 0.1) is 5.82 Å². The highest BCUT2D eigenvalue weighted by atomic mass is 35.5. The number of halogens is 2. The molecule has 108 valence electrons. The number of hydrogen-bond acceptors (Lipinski definition) is 2. The van der Waals surface area contributed by atoms with Gasteiger partial charge in [0.1, 0.15) is 11.6 Å². The molecule has 2 aromatic carbocycles. The van der Waals surface area contributed by atoms with Crippen LogP contribution < -0.4 is 4.74 Å². The molecule has 3 nitrogen and oxygen atoms in total. The van der Waals surface area contributed by atoms with Crippen LogP contribution >= 0.6 is 11.6 Å². The fraction of sp³-hybridized carbons (Fsp3) is 0.188. The van der Waals surface area contributed by atoms with Crippen LogP contribution in [0.1, 0.15) is 23.2 Å². The van der Waals surface area contributed by atoms with E-state index in [1.54, 1.807) is 18.2 Å². The minimum atomic E-state index is -1.11. The summed E-state index contributed by atoms with van der Waals surface area (Å²) in [7, 11) is 0. The van der Waals surface area contributed by atoms with Gasteiger partial charge in [-0.15, -0.1) is 0 Å². The normalized spacial score (nSPS) is 14.0. The van der Waals surface area contributed by atoms with Crippen molar-refractivity contribution >= 4 is 17.6 Å². The lowest BCUT2D eigenvalue weighted by Gasteiger charge is -2.10. The second-order valence-corrected chi connectivity index (χ2v) is 5.36. The van der Waals surface area contributed by atoms with Crippen LogP contribution in [0.5, 0.6) is 5.75 Å². The SMILES string of the molecule is O=C(O)c1ccc(F)cc1-c1ccc(OC2CC2)c(Cl)c1. The third-order valence-electron chi connectivity index (χ3n) is 3.27. The molecule has 1 N–H and O–H groups in total. The summed E-state index contributed by atoms with van der Waals surface area (Å²) < 4.78 is 19.0. The van der Waals surface area contributed by atoms with Crippen molar-refractivity contribution in [2.75, 3.05) is 0 Å². The molecule has 0 saturated heterocycles. The van der Waals surface area contributed by atoms with Crippen LogP contribution in [0.2, 0.25) is 5.02 Å². The lowest BCUT2D eigenvalue weighted by Crippen LogP contribution is -2.01. The second-order valence-electron chi connectivity index (χ2n) is 4.96. The van der Waals surface area contributed by atoms with E-state index < -0.39 is 11.8 Å². The fourth-order valence-electron chi connectivity index (χ4n) is 2.07. The quantitative estimate of drug-likeness (QED) is 0.911. The first-order valence-corrected chi connectivity index (χ1v) is 6.92. The maximum Gasteiger partial charge on any atom is 0.336 e. The predicted molar refractivity (Wildman–Crippen MR) is 77.5 cm³/mol. The molecular formula is C16H12ClFO3. The van der Waals surface area contributed by atoms with Crippen molar-refractivity contribution in [1.29, 1.82) is 0 Å². The van der Waals surface area contributed by atoms with Crippen LogP contribution in [-0.2, 0) is 0 Å². The summed E-state index contributed by atoms with van der Waals surface area (Å²) in [6.07, 6.45) is 2.26. The molecule has 0 aromatic heterocycles. The largest absolute Gasteiger partial charge is 0.489 e. The molecule has 21 heavy (non-hydrogen) atoms. The van der Waals surface area contributed by atoms with Crippen molar-refractivity contribution in [3.63, 3.8) is 0 Å². The van der Waals surface area contributed by atoms with Gasteiger partial charge in [-0.05, 0) is 54.3 Å². The number of ether oxygens (including phenoxy) is 1. The van der Waals surface area contributed by atoms with Gasteiger partial charge in [0.15, 0.2) is 0 Å². The highest BCUT2D eigenvalue weighted by molar-refractivity contribution is 6.32. The summed E-state index contributed by atoms with van der Waals surface area (Å²) in [4.78, 5) is 11.2. The molecule has 3 rings (SSSR count). The van der Waals surface area contributed by atoms with Gasteiger partial charge < -0.3 is 9.84 Å². The molecule has 0 bridgehead atoms. The van der Waals surface area contributed by atoms with E-state index in [-0.39, 0.29) is 11.7 Å². The van der Waals surface area contributed by atoms with Gasteiger partial charge in [0.2, 0.25) is 0 Å². The van der Waals surface area contributed by atoms with Crippen molar-refractivity contribution < 1.29 is 19.0 Å². The standard InChI is InChI=1S/C16H12ClFO3/c17-14-7-9(1-6-15(14)21-11-3-4-11)13-8-10(18)2-5-12(13)16(19)20/h1-2,5-8,11H,3-4H2,(H,19,20). The summed E-state index contributed by atoms with van der Waals surface area (Å²) in [5.74, 6) is -1.04. The molecule has 0 unspecified atom stereocenters. The van der Waals surface area contributed by atoms with Gasteiger partial charge in [0, 0.05) is 0 Å². The molecule has 0 aliphatic heterocycles. The highest BCUT2D eigenvalue weighted by Crippen LogP contribution is 2.35. The van der Waals surface area contributed by atoms with Gasteiger partial charge >= 0.3 is 5.97 Å². The fourth-order valence-corrected chi connectivity index (χ4v) is 2.30. The maximum atomic E-state index is 13.4. The number of aromatic carboxylic acids is 1. The molecule has 0 amide bonds. The Bertz CT molecular complexity index is 711. The van der Waals surface area contributed by atoms with Crippen LogP contribution in [0.3, 0.4) is 0 Å². The molecule has 1 aliphatic rings. The van der Waals surface area contributed by atoms with Crippen molar-refractivity contribution in [3.05, 3.63) is 52.8 Å². The van der Waals surface area contributed by atoms with E-state index in [2.05, 4.69) is 0 Å². The second kappa shape index (κ2) is 5.37. The molecular weight excluding hydrogens is 295 g/mol. The average Bonchev–Trinajstić information content (AvgIpc) is 3.24. The lowest BCUT2D eigenvalue weighted by atomic mass is 9.99. The molecule has 0 atom stereocenters. The number of benzene rings is 2. The van der Waals surface area contributed by atoms with E-state index in [9.17, 15) is 14.3 Å². The monoisotopic (exact) mass is 306 g/mol. The molecule has 0 radical (unpaired) electrons. The van der Waals surface area contributed by atoms with E-state index in [4.69, 9.17) is 16.3 Å². The number of hydrogen-bond donors (Lipinski definition) is 1. The Hall–Kier alpha value is -2.07. The molecule has 0 spiro atoms. The highest BCUT2D eigenvalue weighted by Gasteiger charge is 2.24. The summed E-state index contributed by atoms with van der Waals surface area (Å²) in [5, 5.41) is 9.58. The van der Waals surface area contributed by atoms with E-state index >= 15 is 0 Å². The molecule has 0 heterocycles. The molecule has 1 fully saturated rings. The first kappa shape index (κ1) is 13.9. The Labute approximate surface area is 125 Å². The van der Waals surface area contributed by atoms with Crippen LogP contribution in [0.15, 0.2) is 36.4 Å². The number of rotatable bonds is 4. The number of carboxylic acid groups (broad SMARTS) is 1. The summed E-state index contributed by atoms with van der Waals surface area (Å²) in [5.41, 5.74) is 0.866. The van der Waals surface area contributed by atoms with Crippen molar-refractivity contribution in [1.82, 2.24) is 0 Å². The van der Waals surface area contributed by atoms with Crippen LogP contribution in [0.25, 0.3) is 11.1 Å².